The molecule has 11 unspecified atom stereocenters. The summed E-state index contributed by atoms with van der Waals surface area (Å²) in [5.74, 6) is -2.69. The molecule has 39 heavy (non-hydrogen) atoms. The highest BCUT2D eigenvalue weighted by molar-refractivity contribution is 6.28. The molecular formula is C30H39ClO8. The average molecular weight is 563 g/mol. The van der Waals surface area contributed by atoms with Gasteiger partial charge in [-0.15, -0.1) is 11.6 Å². The molecule has 5 aliphatic rings. The zero-order chi connectivity index (χ0) is 28.9. The topological polar surface area (TPSA) is 130 Å². The van der Waals surface area contributed by atoms with Gasteiger partial charge in [-0.25, -0.2) is 4.79 Å². The van der Waals surface area contributed by atoms with Crippen LogP contribution >= 0.6 is 11.6 Å². The number of rotatable bonds is 3. The fourth-order valence-corrected chi connectivity index (χ4v) is 9.11. The fourth-order valence-electron chi connectivity index (χ4n) is 8.71. The molecule has 0 aromatic rings. The molecule has 1 heterocycles. The van der Waals surface area contributed by atoms with Crippen molar-refractivity contribution in [2.45, 2.75) is 102 Å². The summed E-state index contributed by atoms with van der Waals surface area (Å²) in [6, 6.07) is 0. The first-order chi connectivity index (χ1) is 18.0. The van der Waals surface area contributed by atoms with Gasteiger partial charge < -0.3 is 24.8 Å². The van der Waals surface area contributed by atoms with Crippen LogP contribution in [-0.4, -0.2) is 67.9 Å². The zero-order valence-electron chi connectivity index (χ0n) is 23.4. The number of hydrogen-bond acceptors (Lipinski definition) is 8. The predicted molar refractivity (Wildman–Crippen MR) is 142 cm³/mol. The molecule has 1 aliphatic heterocycles. The summed E-state index contributed by atoms with van der Waals surface area (Å²) in [5, 5.41) is 35.1. The van der Waals surface area contributed by atoms with Crippen molar-refractivity contribution in [2.24, 2.45) is 28.6 Å². The van der Waals surface area contributed by atoms with Crippen LogP contribution in [0.2, 0.25) is 0 Å². The quantitative estimate of drug-likeness (QED) is 0.272. The number of cyclic esters (lactones) is 1. The van der Waals surface area contributed by atoms with Gasteiger partial charge >= 0.3 is 11.9 Å². The Morgan fingerprint density at radius 3 is 2.49 bits per heavy atom. The van der Waals surface area contributed by atoms with Crippen molar-refractivity contribution in [1.29, 1.82) is 0 Å². The van der Waals surface area contributed by atoms with E-state index < -0.39 is 63.5 Å². The number of esters is 2. The Balaban J connectivity index is 1.60. The summed E-state index contributed by atoms with van der Waals surface area (Å²) < 4.78 is 11.6. The van der Waals surface area contributed by atoms with E-state index in [4.69, 9.17) is 21.1 Å². The number of allylic oxidation sites excluding steroid dienone is 1. The van der Waals surface area contributed by atoms with Crippen molar-refractivity contribution in [3.63, 3.8) is 0 Å². The monoisotopic (exact) mass is 562 g/mol. The molecule has 0 aromatic heterocycles. The van der Waals surface area contributed by atoms with E-state index in [1.165, 1.54) is 19.1 Å². The van der Waals surface area contributed by atoms with Gasteiger partial charge in [0.25, 0.3) is 0 Å². The number of fused-ring (bicyclic) bond motifs is 5. The van der Waals surface area contributed by atoms with Crippen LogP contribution in [0.4, 0.5) is 0 Å². The van der Waals surface area contributed by atoms with Gasteiger partial charge in [0.2, 0.25) is 0 Å². The molecule has 5 rings (SSSR count). The van der Waals surface area contributed by atoms with Gasteiger partial charge in [0.15, 0.2) is 5.78 Å². The van der Waals surface area contributed by atoms with Crippen LogP contribution in [0.5, 0.6) is 0 Å². The van der Waals surface area contributed by atoms with Gasteiger partial charge in [-0.3, -0.25) is 9.59 Å². The summed E-state index contributed by atoms with van der Waals surface area (Å²) in [6.07, 6.45) is 1.89. The third-order valence-electron chi connectivity index (χ3n) is 11.2. The molecule has 0 aromatic carbocycles. The number of ketones is 1. The van der Waals surface area contributed by atoms with Crippen LogP contribution in [0.1, 0.15) is 67.2 Å². The van der Waals surface area contributed by atoms with Crippen LogP contribution in [-0.2, 0) is 23.9 Å². The number of hydrogen-bond donors (Lipinski definition) is 3. The molecule has 11 atom stereocenters. The number of aliphatic hydroxyl groups excluding tert-OH is 2. The largest absolute Gasteiger partial charge is 0.458 e. The van der Waals surface area contributed by atoms with Gasteiger partial charge in [-0.2, -0.15) is 0 Å². The number of ether oxygens (including phenoxy) is 2. The Hall–Kier alpha value is -2.00. The van der Waals surface area contributed by atoms with Gasteiger partial charge in [-0.05, 0) is 57.1 Å². The Labute approximate surface area is 234 Å². The highest BCUT2D eigenvalue weighted by Gasteiger charge is 2.76. The second kappa shape index (κ2) is 9.00. The van der Waals surface area contributed by atoms with Crippen LogP contribution in [0, 0.1) is 28.6 Å². The Kier molecular flexibility index (Phi) is 6.58. The van der Waals surface area contributed by atoms with E-state index in [0.717, 1.165) is 11.1 Å². The van der Waals surface area contributed by atoms with Crippen LogP contribution < -0.4 is 0 Å². The van der Waals surface area contributed by atoms with E-state index in [1.807, 2.05) is 20.8 Å². The highest BCUT2D eigenvalue weighted by atomic mass is 35.5. The maximum Gasteiger partial charge on any atom is 0.333 e. The van der Waals surface area contributed by atoms with Crippen molar-refractivity contribution in [3.8, 4) is 0 Å². The first kappa shape index (κ1) is 28.5. The first-order valence-corrected chi connectivity index (χ1v) is 14.2. The molecule has 4 aliphatic carbocycles. The molecule has 0 bridgehead atoms. The molecule has 2 fully saturated rings. The summed E-state index contributed by atoms with van der Waals surface area (Å²) in [5.41, 5.74) is -1.56. The lowest BCUT2D eigenvalue weighted by Crippen LogP contribution is -2.75. The Morgan fingerprint density at radius 1 is 1.21 bits per heavy atom. The van der Waals surface area contributed by atoms with Crippen molar-refractivity contribution < 1.29 is 39.2 Å². The maximum absolute atomic E-state index is 13.5. The van der Waals surface area contributed by atoms with E-state index in [9.17, 15) is 29.7 Å². The maximum atomic E-state index is 13.5. The van der Waals surface area contributed by atoms with Gasteiger partial charge in [0.05, 0.1) is 17.6 Å². The highest BCUT2D eigenvalue weighted by Crippen LogP contribution is 2.70. The molecule has 0 radical (unpaired) electrons. The molecular weight excluding hydrogens is 524 g/mol. The van der Waals surface area contributed by atoms with Gasteiger partial charge in [-0.1, -0.05) is 38.0 Å². The van der Waals surface area contributed by atoms with E-state index in [-0.39, 0.29) is 24.1 Å². The lowest BCUT2D eigenvalue weighted by Gasteiger charge is -2.66. The smallest absolute Gasteiger partial charge is 0.333 e. The van der Waals surface area contributed by atoms with Crippen molar-refractivity contribution >= 4 is 29.3 Å². The number of aliphatic hydroxyl groups is 3. The van der Waals surface area contributed by atoms with E-state index in [1.54, 1.807) is 19.9 Å². The predicted octanol–water partition coefficient (Wildman–Crippen LogP) is 3.16. The summed E-state index contributed by atoms with van der Waals surface area (Å²) >= 11 is 6.99. The van der Waals surface area contributed by atoms with Gasteiger partial charge in [0, 0.05) is 30.3 Å². The summed E-state index contributed by atoms with van der Waals surface area (Å²) in [6.45, 7) is 10.5. The lowest BCUT2D eigenvalue weighted by atomic mass is 9.42. The minimum atomic E-state index is -1.67. The third kappa shape index (κ3) is 3.50. The molecule has 0 spiro atoms. The first-order valence-electron chi connectivity index (χ1n) is 13.8. The SMILES string of the molecule is CC(=O)OC1C=C(C(C)C2CC(C)=C(C)C(=O)O2)C2(C)CCC3C(CC(O)C4(Cl)C(O)C=CC(=O)C34C)C12O. The summed E-state index contributed by atoms with van der Waals surface area (Å²) in [7, 11) is 0. The van der Waals surface area contributed by atoms with Crippen molar-refractivity contribution in [1.82, 2.24) is 0 Å². The second-order valence-corrected chi connectivity index (χ2v) is 13.4. The fraction of sp³-hybridized carbons (Fsp3) is 0.700. The molecule has 0 amide bonds. The minimum Gasteiger partial charge on any atom is -0.458 e. The van der Waals surface area contributed by atoms with Crippen LogP contribution in [0.3, 0.4) is 0 Å². The van der Waals surface area contributed by atoms with Crippen LogP contribution in [0.25, 0.3) is 0 Å². The molecule has 3 N–H and O–H groups in total. The van der Waals surface area contributed by atoms with Crippen LogP contribution in [0.15, 0.2) is 34.9 Å². The number of halogens is 1. The molecule has 8 nitrogen and oxygen atoms in total. The van der Waals surface area contributed by atoms with Crippen molar-refractivity contribution in [2.75, 3.05) is 0 Å². The Morgan fingerprint density at radius 2 is 1.87 bits per heavy atom. The molecule has 0 saturated heterocycles. The zero-order valence-corrected chi connectivity index (χ0v) is 24.1. The van der Waals surface area contributed by atoms with E-state index in [0.29, 0.717) is 24.8 Å². The number of carbonyl (C=O) groups excluding carboxylic acids is 3. The minimum absolute atomic E-state index is 0.0146. The second-order valence-electron chi connectivity index (χ2n) is 12.8. The third-order valence-corrected chi connectivity index (χ3v) is 12.1. The van der Waals surface area contributed by atoms with Gasteiger partial charge in [0.1, 0.15) is 22.7 Å². The Bertz CT molecular complexity index is 1220. The van der Waals surface area contributed by atoms with E-state index in [2.05, 4.69) is 0 Å². The number of carbonyl (C=O) groups is 3. The normalized spacial score (nSPS) is 48.0. The summed E-state index contributed by atoms with van der Waals surface area (Å²) in [4.78, 5) is 36.6. The number of alkyl halides is 1. The average Bonchev–Trinajstić information content (AvgIpc) is 3.09. The molecule has 2 saturated carbocycles. The van der Waals surface area contributed by atoms with E-state index >= 15 is 0 Å². The lowest BCUT2D eigenvalue weighted by molar-refractivity contribution is -0.240. The molecule has 214 valence electrons. The standard InChI is InChI=1S/C30H39ClO8/c1-14-11-21(39-26(36)15(14)2)16(3)19-13-25(38-17(4)32)30(37)20-12-24(35)29(31)23(34)8-7-22(33)28(29,6)18(20)9-10-27(19,30)5/h7-8,13,16,18,20-21,23-25,34-35,37H,9-12H2,1-6H3. The molecule has 9 heteroatoms. The van der Waals surface area contributed by atoms with Crippen molar-refractivity contribution in [3.05, 3.63) is 34.9 Å².